The van der Waals surface area contributed by atoms with Crippen molar-refractivity contribution < 1.29 is 4.79 Å². The number of nitrogens with one attached hydrogen (secondary N) is 1. The van der Waals surface area contributed by atoms with Gasteiger partial charge in [-0.1, -0.05) is 38.3 Å². The van der Waals surface area contributed by atoms with Crippen LogP contribution in [0.3, 0.4) is 0 Å². The Labute approximate surface area is 112 Å². The molecule has 0 aliphatic heterocycles. The van der Waals surface area contributed by atoms with E-state index < -0.39 is 0 Å². The zero-order valence-electron chi connectivity index (χ0n) is 12.1. The molecule has 0 aromatic rings. The first-order valence-electron chi connectivity index (χ1n) is 7.73. The Morgan fingerprint density at radius 3 is 2.83 bits per heavy atom. The molecule has 2 nitrogen and oxygen atoms in total. The van der Waals surface area contributed by atoms with Gasteiger partial charge in [0.15, 0.2) is 0 Å². The van der Waals surface area contributed by atoms with Gasteiger partial charge in [-0.2, -0.15) is 0 Å². The topological polar surface area (TPSA) is 29.1 Å². The Balaban J connectivity index is 2.20. The van der Waals surface area contributed by atoms with E-state index in [0.717, 1.165) is 32.2 Å². The van der Waals surface area contributed by atoms with Crippen LogP contribution in [0.5, 0.6) is 0 Å². The quantitative estimate of drug-likeness (QED) is 0.643. The Kier molecular flexibility index (Phi) is 7.79. The van der Waals surface area contributed by atoms with E-state index in [2.05, 4.69) is 25.2 Å². The second-order valence-corrected chi connectivity index (χ2v) is 5.40. The Bertz CT molecular complexity index is 270. The van der Waals surface area contributed by atoms with Crippen molar-refractivity contribution in [1.29, 1.82) is 0 Å². The van der Waals surface area contributed by atoms with Crippen molar-refractivity contribution in [2.24, 2.45) is 5.92 Å². The fourth-order valence-electron chi connectivity index (χ4n) is 2.59. The molecule has 1 atom stereocenters. The van der Waals surface area contributed by atoms with Crippen LogP contribution in [0.4, 0.5) is 0 Å². The molecule has 1 amide bonds. The summed E-state index contributed by atoms with van der Waals surface area (Å²) in [6.07, 6.45) is 12.9. The predicted molar refractivity (Wildman–Crippen MR) is 77.5 cm³/mol. The summed E-state index contributed by atoms with van der Waals surface area (Å²) in [5.74, 6) is 0.493. The molecule has 0 bridgehead atoms. The van der Waals surface area contributed by atoms with Crippen molar-refractivity contribution in [1.82, 2.24) is 5.32 Å². The molecular weight excluding hydrogens is 222 g/mol. The molecule has 0 fully saturated rings. The van der Waals surface area contributed by atoms with Gasteiger partial charge in [0.2, 0.25) is 5.91 Å². The van der Waals surface area contributed by atoms with E-state index in [1.807, 2.05) is 0 Å². The van der Waals surface area contributed by atoms with Gasteiger partial charge in [-0.05, 0) is 44.9 Å². The highest BCUT2D eigenvalue weighted by molar-refractivity contribution is 5.78. The van der Waals surface area contributed by atoms with Gasteiger partial charge in [0.25, 0.3) is 0 Å². The molecule has 1 aliphatic rings. The van der Waals surface area contributed by atoms with Crippen molar-refractivity contribution >= 4 is 5.91 Å². The van der Waals surface area contributed by atoms with Crippen LogP contribution in [0.25, 0.3) is 0 Å². The first-order valence-corrected chi connectivity index (χ1v) is 7.73. The number of amides is 1. The summed E-state index contributed by atoms with van der Waals surface area (Å²) in [5.41, 5.74) is 1.54. The maximum absolute atomic E-state index is 12.0. The van der Waals surface area contributed by atoms with Gasteiger partial charge in [-0.25, -0.2) is 0 Å². The summed E-state index contributed by atoms with van der Waals surface area (Å²) < 4.78 is 0. The fourth-order valence-corrected chi connectivity index (χ4v) is 2.59. The molecule has 1 aliphatic carbocycles. The Morgan fingerprint density at radius 1 is 1.39 bits per heavy atom. The standard InChI is InChI=1S/C16H29NO/c1-3-5-11-15(4-2)16(18)17-13-12-14-9-7-6-8-10-14/h9,15H,3-8,10-13H2,1-2H3,(H,17,18). The molecule has 104 valence electrons. The van der Waals surface area contributed by atoms with E-state index in [0.29, 0.717) is 0 Å². The van der Waals surface area contributed by atoms with Gasteiger partial charge in [0.05, 0.1) is 0 Å². The van der Waals surface area contributed by atoms with E-state index in [1.165, 1.54) is 32.1 Å². The van der Waals surface area contributed by atoms with Crippen LogP contribution < -0.4 is 5.32 Å². The van der Waals surface area contributed by atoms with Gasteiger partial charge < -0.3 is 5.32 Å². The predicted octanol–water partition coefficient (Wildman–Crippen LogP) is 4.21. The van der Waals surface area contributed by atoms with Crippen LogP contribution >= 0.6 is 0 Å². The van der Waals surface area contributed by atoms with Gasteiger partial charge in [0.1, 0.15) is 0 Å². The number of allylic oxidation sites excluding steroid dienone is 1. The normalized spacial score (nSPS) is 17.1. The first-order chi connectivity index (χ1) is 8.77. The molecule has 0 radical (unpaired) electrons. The van der Waals surface area contributed by atoms with Crippen LogP contribution in [0, 0.1) is 5.92 Å². The third-order valence-corrected chi connectivity index (χ3v) is 3.90. The Hall–Kier alpha value is -0.790. The third kappa shape index (κ3) is 5.70. The highest BCUT2D eigenvalue weighted by atomic mass is 16.1. The van der Waals surface area contributed by atoms with E-state index in [4.69, 9.17) is 0 Å². The maximum Gasteiger partial charge on any atom is 0.223 e. The average Bonchev–Trinajstić information content (AvgIpc) is 2.41. The van der Waals surface area contributed by atoms with Gasteiger partial charge in [-0.3, -0.25) is 4.79 Å². The van der Waals surface area contributed by atoms with E-state index >= 15 is 0 Å². The second kappa shape index (κ2) is 9.18. The van der Waals surface area contributed by atoms with Crippen molar-refractivity contribution in [2.75, 3.05) is 6.54 Å². The lowest BCUT2D eigenvalue weighted by molar-refractivity contribution is -0.125. The first kappa shape index (κ1) is 15.3. The summed E-state index contributed by atoms with van der Waals surface area (Å²) in [6.45, 7) is 5.12. The molecule has 1 N–H and O–H groups in total. The largest absolute Gasteiger partial charge is 0.356 e. The average molecular weight is 251 g/mol. The smallest absolute Gasteiger partial charge is 0.223 e. The minimum Gasteiger partial charge on any atom is -0.356 e. The summed E-state index contributed by atoms with van der Waals surface area (Å²) >= 11 is 0. The summed E-state index contributed by atoms with van der Waals surface area (Å²) in [6, 6.07) is 0. The highest BCUT2D eigenvalue weighted by Crippen LogP contribution is 2.19. The van der Waals surface area contributed by atoms with Gasteiger partial charge in [0, 0.05) is 12.5 Å². The minimum atomic E-state index is 0.227. The van der Waals surface area contributed by atoms with Crippen LogP contribution in [-0.4, -0.2) is 12.5 Å². The molecule has 1 rings (SSSR count). The monoisotopic (exact) mass is 251 g/mol. The lowest BCUT2D eigenvalue weighted by Crippen LogP contribution is -2.31. The third-order valence-electron chi connectivity index (χ3n) is 3.90. The molecule has 0 saturated heterocycles. The van der Waals surface area contributed by atoms with Crippen molar-refractivity contribution in [2.45, 2.75) is 71.6 Å². The van der Waals surface area contributed by atoms with Crippen LogP contribution in [0.2, 0.25) is 0 Å². The zero-order chi connectivity index (χ0) is 13.2. The molecule has 18 heavy (non-hydrogen) atoms. The van der Waals surface area contributed by atoms with Gasteiger partial charge in [-0.15, -0.1) is 0 Å². The lowest BCUT2D eigenvalue weighted by atomic mass is 9.96. The van der Waals surface area contributed by atoms with Crippen molar-refractivity contribution in [3.05, 3.63) is 11.6 Å². The molecular formula is C16H29NO. The number of carbonyl (C=O) groups excluding carboxylic acids is 1. The van der Waals surface area contributed by atoms with Gasteiger partial charge >= 0.3 is 0 Å². The zero-order valence-corrected chi connectivity index (χ0v) is 12.1. The summed E-state index contributed by atoms with van der Waals surface area (Å²) in [5, 5.41) is 3.11. The highest BCUT2D eigenvalue weighted by Gasteiger charge is 2.15. The number of carbonyl (C=O) groups is 1. The second-order valence-electron chi connectivity index (χ2n) is 5.40. The van der Waals surface area contributed by atoms with Crippen molar-refractivity contribution in [3.63, 3.8) is 0 Å². The molecule has 0 spiro atoms. The SMILES string of the molecule is CCCCC(CC)C(=O)NCCC1=CCCCC1. The van der Waals surface area contributed by atoms with Crippen LogP contribution in [-0.2, 0) is 4.79 Å². The molecule has 0 saturated carbocycles. The van der Waals surface area contributed by atoms with E-state index in [-0.39, 0.29) is 11.8 Å². The maximum atomic E-state index is 12.0. The number of hydrogen-bond donors (Lipinski definition) is 1. The van der Waals surface area contributed by atoms with Crippen LogP contribution in [0.1, 0.15) is 71.6 Å². The fraction of sp³-hybridized carbons (Fsp3) is 0.812. The molecule has 1 unspecified atom stereocenters. The summed E-state index contributed by atoms with van der Waals surface area (Å²) in [4.78, 5) is 12.0. The Morgan fingerprint density at radius 2 is 2.22 bits per heavy atom. The van der Waals surface area contributed by atoms with Crippen molar-refractivity contribution in [3.8, 4) is 0 Å². The molecule has 2 heteroatoms. The summed E-state index contributed by atoms with van der Waals surface area (Å²) in [7, 11) is 0. The number of hydrogen-bond acceptors (Lipinski definition) is 1. The molecule has 0 aromatic heterocycles. The molecule has 0 aromatic carbocycles. The van der Waals surface area contributed by atoms with E-state index in [9.17, 15) is 4.79 Å². The van der Waals surface area contributed by atoms with E-state index in [1.54, 1.807) is 5.57 Å². The number of rotatable bonds is 8. The number of unbranched alkanes of at least 4 members (excludes halogenated alkanes) is 1. The lowest BCUT2D eigenvalue weighted by Gasteiger charge is -2.16. The minimum absolute atomic E-state index is 0.227. The molecule has 0 heterocycles. The van der Waals surface area contributed by atoms with Crippen LogP contribution in [0.15, 0.2) is 11.6 Å².